The number of aliphatic imine (C=N–C) groups is 2. The third kappa shape index (κ3) is 4.67. The minimum Gasteiger partial charge on any atom is -0.376 e. The molecular weight excluding hydrogens is 452 g/mol. The van der Waals surface area contributed by atoms with Crippen molar-refractivity contribution in [2.45, 2.75) is 52.1 Å². The molecule has 2 aromatic rings. The zero-order valence-electron chi connectivity index (χ0n) is 21.1. The van der Waals surface area contributed by atoms with Gasteiger partial charge in [-0.3, -0.25) is 9.79 Å². The first-order chi connectivity index (χ1) is 17.3. The van der Waals surface area contributed by atoms with E-state index in [4.69, 9.17) is 15.6 Å². The number of amidine groups is 1. The highest BCUT2D eigenvalue weighted by Crippen LogP contribution is 2.41. The molecule has 36 heavy (non-hydrogen) atoms. The molecule has 1 saturated heterocycles. The van der Waals surface area contributed by atoms with Gasteiger partial charge in [0.2, 0.25) is 5.70 Å². The van der Waals surface area contributed by atoms with Crippen LogP contribution in [0.15, 0.2) is 76.4 Å². The van der Waals surface area contributed by atoms with E-state index in [2.05, 4.69) is 36.1 Å². The van der Waals surface area contributed by atoms with E-state index in [1.165, 1.54) is 0 Å². The number of carbonyl (C=O) groups excluding carboxylic acids is 1. The number of hydrogen-bond donors (Lipinski definition) is 2. The van der Waals surface area contributed by atoms with Gasteiger partial charge in [-0.25, -0.2) is 4.98 Å². The van der Waals surface area contributed by atoms with Crippen molar-refractivity contribution in [3.8, 4) is 0 Å². The molecule has 3 aliphatic rings. The number of hydrogen-bond acceptors (Lipinski definition) is 6. The largest absolute Gasteiger partial charge is 0.376 e. The van der Waals surface area contributed by atoms with Gasteiger partial charge in [0.25, 0.3) is 11.7 Å². The third-order valence-corrected chi connectivity index (χ3v) is 6.92. The van der Waals surface area contributed by atoms with Gasteiger partial charge in [0.1, 0.15) is 17.7 Å². The molecule has 8 heteroatoms. The lowest BCUT2D eigenvalue weighted by Gasteiger charge is -2.35. The van der Waals surface area contributed by atoms with Crippen molar-refractivity contribution in [1.29, 1.82) is 0 Å². The van der Waals surface area contributed by atoms with Crippen molar-refractivity contribution in [2.24, 2.45) is 21.7 Å². The second kappa shape index (κ2) is 9.54. The highest BCUT2D eigenvalue weighted by Gasteiger charge is 2.47. The number of nitrogens with two attached hydrogens (primary N) is 1. The summed E-state index contributed by atoms with van der Waals surface area (Å²) in [7, 11) is 0. The second-order valence-corrected chi connectivity index (χ2v) is 10.2. The van der Waals surface area contributed by atoms with E-state index >= 15 is 0 Å². The molecule has 0 aliphatic carbocycles. The molecule has 5 rings (SSSR count). The summed E-state index contributed by atoms with van der Waals surface area (Å²) in [6.45, 7) is 7.04. The van der Waals surface area contributed by atoms with Crippen LogP contribution in [0.5, 0.6) is 0 Å². The average molecular weight is 486 g/mol. The highest BCUT2D eigenvalue weighted by molar-refractivity contribution is 6.05. The monoisotopic (exact) mass is 485 g/mol. The summed E-state index contributed by atoms with van der Waals surface area (Å²) in [5, 5.41) is 2.90. The van der Waals surface area contributed by atoms with Crippen LogP contribution < -0.4 is 11.2 Å². The van der Waals surface area contributed by atoms with Gasteiger partial charge in [-0.1, -0.05) is 13.3 Å². The molecular formula is C28H33N6O2+. The topological polar surface area (TPSA) is 102 Å². The summed E-state index contributed by atoms with van der Waals surface area (Å²) in [4.78, 5) is 26.6. The van der Waals surface area contributed by atoms with E-state index in [0.717, 1.165) is 48.2 Å². The van der Waals surface area contributed by atoms with Crippen LogP contribution >= 0.6 is 0 Å². The van der Waals surface area contributed by atoms with E-state index in [0.29, 0.717) is 23.8 Å². The Morgan fingerprint density at radius 3 is 2.81 bits per heavy atom. The summed E-state index contributed by atoms with van der Waals surface area (Å²) in [5.74, 6) is 8.19. The lowest BCUT2D eigenvalue weighted by molar-refractivity contribution is -0.750. The Kier molecular flexibility index (Phi) is 6.42. The molecule has 1 amide bonds. The highest BCUT2D eigenvalue weighted by atomic mass is 16.5. The number of carbonyl (C=O) groups is 1. The summed E-state index contributed by atoms with van der Waals surface area (Å²) < 4.78 is 5.90. The van der Waals surface area contributed by atoms with Gasteiger partial charge in [-0.15, -0.1) is 4.59 Å². The van der Waals surface area contributed by atoms with Gasteiger partial charge in [-0.2, -0.15) is 10.8 Å². The number of allylic oxidation sites excluding steroid dienone is 2. The van der Waals surface area contributed by atoms with Gasteiger partial charge in [0.15, 0.2) is 0 Å². The maximum absolute atomic E-state index is 12.9. The van der Waals surface area contributed by atoms with Crippen molar-refractivity contribution in [3.63, 3.8) is 0 Å². The van der Waals surface area contributed by atoms with Crippen LogP contribution in [0.2, 0.25) is 0 Å². The van der Waals surface area contributed by atoms with Crippen LogP contribution in [0.25, 0.3) is 0 Å². The van der Waals surface area contributed by atoms with E-state index < -0.39 is 0 Å². The SMILES string of the molecule is CCCc1ccnc(NC(=O)c2ccc(C3=NC(C4CCOC(C)(C)C4)=C4C=NC=C[N+]34N)cc2)c1. The first-order valence-electron chi connectivity index (χ1n) is 12.5. The predicted octanol–water partition coefficient (Wildman–Crippen LogP) is 4.71. The summed E-state index contributed by atoms with van der Waals surface area (Å²) in [6, 6.07) is 11.3. The van der Waals surface area contributed by atoms with Gasteiger partial charge < -0.3 is 10.1 Å². The molecule has 0 radical (unpaired) electrons. The molecule has 1 aromatic carbocycles. The zero-order valence-corrected chi connectivity index (χ0v) is 21.1. The lowest BCUT2D eigenvalue weighted by atomic mass is 9.85. The van der Waals surface area contributed by atoms with Gasteiger partial charge in [-0.05, 0) is 75.1 Å². The number of nitrogens with zero attached hydrogens (tertiary/aromatic N) is 4. The zero-order chi connectivity index (χ0) is 25.3. The Morgan fingerprint density at radius 2 is 2.06 bits per heavy atom. The van der Waals surface area contributed by atoms with Crippen molar-refractivity contribution >= 4 is 23.8 Å². The average Bonchev–Trinajstić information content (AvgIpc) is 3.17. The number of quaternary nitrogens is 1. The molecule has 3 N–H and O–H groups in total. The molecule has 1 fully saturated rings. The Bertz CT molecular complexity index is 1290. The Labute approximate surface area is 211 Å². The molecule has 186 valence electrons. The number of benzene rings is 1. The first kappa shape index (κ1) is 24.2. The summed E-state index contributed by atoms with van der Waals surface area (Å²) in [5.41, 5.74) is 4.20. The standard InChI is InChI=1S/C28H32N6O2/c1-4-5-19-10-12-31-24(16-19)32-27(35)21-8-6-20(7-9-21)26-33-25(22-11-15-36-28(2,3)17-22)23-18-30-13-14-34(23,26)29/h6-10,12-14,16,18,22H,4-5,11,15,17,29H2,1-3H3/p+1. The van der Waals surface area contributed by atoms with Crippen molar-refractivity contribution in [2.75, 3.05) is 11.9 Å². The van der Waals surface area contributed by atoms with Crippen molar-refractivity contribution in [3.05, 3.63) is 83.1 Å². The number of pyridine rings is 1. The van der Waals surface area contributed by atoms with Gasteiger partial charge in [0, 0.05) is 24.3 Å². The van der Waals surface area contributed by atoms with Crippen LogP contribution in [0.4, 0.5) is 5.82 Å². The predicted molar refractivity (Wildman–Crippen MR) is 141 cm³/mol. The normalized spacial score (nSPS) is 24.4. The first-order valence-corrected chi connectivity index (χ1v) is 12.5. The maximum Gasteiger partial charge on any atom is 0.264 e. The molecule has 8 nitrogen and oxygen atoms in total. The third-order valence-electron chi connectivity index (χ3n) is 6.92. The number of amides is 1. The Morgan fingerprint density at radius 1 is 1.25 bits per heavy atom. The van der Waals surface area contributed by atoms with Crippen molar-refractivity contribution < 1.29 is 14.1 Å². The molecule has 0 saturated carbocycles. The molecule has 2 unspecified atom stereocenters. The number of nitrogens with one attached hydrogen (secondary N) is 1. The fourth-order valence-electron chi connectivity index (χ4n) is 5.12. The summed E-state index contributed by atoms with van der Waals surface area (Å²) >= 11 is 0. The smallest absolute Gasteiger partial charge is 0.264 e. The molecule has 2 atom stereocenters. The summed E-state index contributed by atoms with van der Waals surface area (Å²) in [6.07, 6.45) is 10.8. The molecule has 4 heterocycles. The number of ether oxygens (including phenoxy) is 1. The lowest BCUT2D eigenvalue weighted by Crippen LogP contribution is -2.53. The number of aromatic nitrogens is 1. The quantitative estimate of drug-likeness (QED) is 0.457. The number of rotatable bonds is 6. The molecule has 0 bridgehead atoms. The van der Waals surface area contributed by atoms with Crippen LogP contribution in [0.3, 0.4) is 0 Å². The van der Waals surface area contributed by atoms with Crippen LogP contribution in [0.1, 0.15) is 61.5 Å². The molecule has 3 aliphatic heterocycles. The van der Waals surface area contributed by atoms with Crippen LogP contribution in [-0.2, 0) is 11.2 Å². The number of fused-ring (bicyclic) bond motifs is 1. The Hall–Kier alpha value is -3.46. The van der Waals surface area contributed by atoms with Crippen LogP contribution in [-0.4, -0.2) is 39.7 Å². The van der Waals surface area contributed by atoms with E-state index in [9.17, 15) is 4.79 Å². The van der Waals surface area contributed by atoms with E-state index in [1.54, 1.807) is 24.5 Å². The number of anilines is 1. The minimum atomic E-state index is -0.208. The minimum absolute atomic E-state index is 0.0314. The fourth-order valence-corrected chi connectivity index (χ4v) is 5.12. The second-order valence-electron chi connectivity index (χ2n) is 10.2. The fraction of sp³-hybridized carbons (Fsp3) is 0.357. The van der Waals surface area contributed by atoms with E-state index in [-0.39, 0.29) is 22.0 Å². The van der Waals surface area contributed by atoms with Gasteiger partial charge >= 0.3 is 0 Å². The van der Waals surface area contributed by atoms with E-state index in [1.807, 2.05) is 36.7 Å². The Balaban J connectivity index is 1.39. The molecule has 0 spiro atoms. The molecule has 1 aromatic heterocycles. The van der Waals surface area contributed by atoms with Gasteiger partial charge in [0.05, 0.1) is 23.6 Å². The van der Waals surface area contributed by atoms with Crippen molar-refractivity contribution in [1.82, 2.24) is 4.98 Å². The maximum atomic E-state index is 12.9. The van der Waals surface area contributed by atoms with Crippen LogP contribution in [0, 0.1) is 5.92 Å². The number of aryl methyl sites for hydroxylation is 1.